The molecule has 0 radical (unpaired) electrons. The molecule has 6 rings (SSSR count). The van der Waals surface area contributed by atoms with E-state index in [-0.39, 0.29) is 29.9 Å². The molecule has 0 aromatic carbocycles. The molecule has 0 bridgehead atoms. The van der Waals surface area contributed by atoms with E-state index in [0.29, 0.717) is 24.0 Å². The lowest BCUT2D eigenvalue weighted by Gasteiger charge is -2.27. The van der Waals surface area contributed by atoms with Crippen LogP contribution in [-0.4, -0.2) is 79.8 Å². The van der Waals surface area contributed by atoms with Gasteiger partial charge in [0.25, 0.3) is 5.56 Å². The van der Waals surface area contributed by atoms with Gasteiger partial charge in [-0.15, -0.1) is 0 Å². The van der Waals surface area contributed by atoms with Crippen molar-refractivity contribution in [3.8, 4) is 0 Å². The Kier molecular flexibility index (Phi) is 8.21. The van der Waals surface area contributed by atoms with Crippen molar-refractivity contribution >= 4 is 54.4 Å². The van der Waals surface area contributed by atoms with Crippen molar-refractivity contribution in [2.45, 2.75) is 56.5 Å². The summed E-state index contributed by atoms with van der Waals surface area (Å²) < 4.78 is 58.5. The Morgan fingerprint density at radius 3 is 2.80 bits per heavy atom. The van der Waals surface area contributed by atoms with Crippen LogP contribution in [0.25, 0.3) is 22.2 Å². The lowest BCUT2D eigenvalue weighted by molar-refractivity contribution is -0.0887. The number of halogens is 1. The number of anilines is 1. The van der Waals surface area contributed by atoms with Gasteiger partial charge in [0.15, 0.2) is 29.2 Å². The van der Waals surface area contributed by atoms with Gasteiger partial charge in [0.05, 0.1) is 37.6 Å². The summed E-state index contributed by atoms with van der Waals surface area (Å²) >= 11 is 4.48. The summed E-state index contributed by atoms with van der Waals surface area (Å²) in [5, 5.41) is -0.361. The minimum atomic E-state index is -4.83. The Labute approximate surface area is 251 Å². The molecule has 2 aliphatic heterocycles. The van der Waals surface area contributed by atoms with Gasteiger partial charge in [0.2, 0.25) is 0 Å². The highest BCUT2D eigenvalue weighted by molar-refractivity contribution is 8.06. The second kappa shape index (κ2) is 11.6. The molecule has 18 nitrogen and oxygen atoms in total. The maximum absolute atomic E-state index is 14.7. The molecule has 2 saturated heterocycles. The standard InChI is InChI=1S/C22H27FN8O10P2S/c1-22(3-2-14(40-22)31-10-29-16-17(24)25-8-27-19(16)31)7-38-42(33,34)41-13-4-11(6-37-43(35,36)44)39-21(13)30-5-12(23)15-18(30)26-9-28-20(15)32/h5,8-11,13-14,21H,2-4,6-7H2,1H3,(H,33,34)(H2,24,25,27)(H,26,28,32)(H2,35,36,44)/t11?,13-,14-,21?,22?/m1/s1. The second-order valence-electron chi connectivity index (χ2n) is 10.5. The van der Waals surface area contributed by atoms with Gasteiger partial charge < -0.3 is 44.0 Å². The predicted octanol–water partition coefficient (Wildman–Crippen LogP) is 1.37. The summed E-state index contributed by atoms with van der Waals surface area (Å²) in [4.78, 5) is 60.5. The number of nitrogens with two attached hydrogens (primary N) is 1. The van der Waals surface area contributed by atoms with Gasteiger partial charge in [-0.2, -0.15) is 0 Å². The topological polar surface area (TPSA) is 244 Å². The lowest BCUT2D eigenvalue weighted by atomic mass is 10.0. The molecule has 6 N–H and O–H groups in total. The van der Waals surface area contributed by atoms with Crippen LogP contribution in [0.5, 0.6) is 0 Å². The zero-order valence-electron chi connectivity index (χ0n) is 22.8. The molecule has 4 aromatic rings. The number of rotatable bonds is 10. The molecule has 0 amide bonds. The predicted molar refractivity (Wildman–Crippen MR) is 152 cm³/mol. The Morgan fingerprint density at radius 2 is 2.02 bits per heavy atom. The highest BCUT2D eigenvalue weighted by Gasteiger charge is 2.45. The average Bonchev–Trinajstić information content (AvgIpc) is 3.72. The normalized spacial score (nSPS) is 27.4. The first kappa shape index (κ1) is 31.3. The number of nitrogen functional groups attached to an aromatic ring is 1. The van der Waals surface area contributed by atoms with Crippen molar-refractivity contribution in [3.05, 3.63) is 41.3 Å². The number of phosphoric acid groups is 1. The van der Waals surface area contributed by atoms with Gasteiger partial charge in [0, 0.05) is 12.6 Å². The molecule has 0 spiro atoms. The van der Waals surface area contributed by atoms with E-state index in [4.69, 9.17) is 28.8 Å². The summed E-state index contributed by atoms with van der Waals surface area (Å²) in [5.41, 5.74) is 4.88. The molecule has 44 heavy (non-hydrogen) atoms. The molecule has 0 saturated carbocycles. The van der Waals surface area contributed by atoms with E-state index >= 15 is 0 Å². The Morgan fingerprint density at radius 1 is 1.23 bits per heavy atom. The smallest absolute Gasteiger partial charge is 0.382 e. The fourth-order valence-corrected chi connectivity index (χ4v) is 6.84. The average molecular weight is 677 g/mol. The molecule has 0 aliphatic carbocycles. The van der Waals surface area contributed by atoms with Crippen LogP contribution in [-0.2, 0) is 39.4 Å². The van der Waals surface area contributed by atoms with Gasteiger partial charge in [-0.05, 0) is 31.6 Å². The molecule has 238 valence electrons. The first-order valence-corrected chi connectivity index (χ1v) is 17.2. The van der Waals surface area contributed by atoms with E-state index in [2.05, 4.69) is 36.7 Å². The largest absolute Gasteiger partial charge is 0.472 e. The van der Waals surface area contributed by atoms with E-state index < -0.39 is 62.8 Å². The van der Waals surface area contributed by atoms with Crippen LogP contribution in [0.15, 0.2) is 30.0 Å². The summed E-state index contributed by atoms with van der Waals surface area (Å²) in [6.07, 6.45) is 1.64. The first-order chi connectivity index (χ1) is 20.7. The van der Waals surface area contributed by atoms with Crippen molar-refractivity contribution in [3.63, 3.8) is 0 Å². The van der Waals surface area contributed by atoms with E-state index in [1.165, 1.54) is 12.7 Å². The first-order valence-electron chi connectivity index (χ1n) is 13.1. The van der Waals surface area contributed by atoms with E-state index in [1.807, 2.05) is 0 Å². The Balaban J connectivity index is 1.17. The van der Waals surface area contributed by atoms with Crippen molar-refractivity contribution in [2.24, 2.45) is 0 Å². The Hall–Kier alpha value is -2.74. The van der Waals surface area contributed by atoms with Crippen LogP contribution in [0.4, 0.5) is 10.2 Å². The monoisotopic (exact) mass is 676 g/mol. The lowest BCUT2D eigenvalue weighted by Crippen LogP contribution is -2.31. The molecule has 6 heterocycles. The Bertz CT molecular complexity index is 1870. The number of hydrogen-bond donors (Lipinski definition) is 5. The van der Waals surface area contributed by atoms with Crippen LogP contribution in [0, 0.1) is 5.82 Å². The third-order valence-electron chi connectivity index (χ3n) is 7.26. The van der Waals surface area contributed by atoms with Gasteiger partial charge in [-0.3, -0.25) is 18.4 Å². The number of hydrogen-bond acceptors (Lipinski definition) is 13. The van der Waals surface area contributed by atoms with Crippen LogP contribution >= 0.6 is 14.5 Å². The zero-order valence-corrected chi connectivity index (χ0v) is 25.4. The summed E-state index contributed by atoms with van der Waals surface area (Å²) in [5.74, 6) is -0.697. The number of phosphoric ester groups is 1. The van der Waals surface area contributed by atoms with E-state index in [0.717, 1.165) is 17.1 Å². The third-order valence-corrected chi connectivity index (χ3v) is 9.05. The quantitative estimate of drug-likeness (QED) is 0.149. The highest BCUT2D eigenvalue weighted by atomic mass is 32.5. The molecule has 6 atom stereocenters. The molecule has 2 fully saturated rings. The SMILES string of the molecule is CC1(COP(=O)(O)O[C@@H]2CC(COP(O)(O)=S)OC2n2cc(F)c3c(=O)[nH]cnc32)CC[C@H](n2cnc3c(N)ncnc32)O1. The molecular formula is C22H27FN8O10P2S. The minimum Gasteiger partial charge on any atom is -0.382 e. The summed E-state index contributed by atoms with van der Waals surface area (Å²) in [6, 6.07) is 0. The van der Waals surface area contributed by atoms with Crippen LogP contribution in [0.2, 0.25) is 0 Å². The fourth-order valence-electron chi connectivity index (χ4n) is 5.26. The summed E-state index contributed by atoms with van der Waals surface area (Å²) in [7, 11) is -4.83. The summed E-state index contributed by atoms with van der Waals surface area (Å²) in [6.45, 7) is -3.11. The van der Waals surface area contributed by atoms with Crippen molar-refractivity contribution in [2.75, 3.05) is 18.9 Å². The maximum Gasteiger partial charge on any atom is 0.472 e. The molecule has 4 unspecified atom stereocenters. The molecule has 22 heteroatoms. The highest BCUT2D eigenvalue weighted by Crippen LogP contribution is 2.51. The van der Waals surface area contributed by atoms with Crippen LogP contribution in [0.1, 0.15) is 38.6 Å². The van der Waals surface area contributed by atoms with Crippen molar-refractivity contribution in [1.29, 1.82) is 0 Å². The van der Waals surface area contributed by atoms with Crippen LogP contribution < -0.4 is 11.3 Å². The fraction of sp³-hybridized carbons (Fsp3) is 0.500. The maximum atomic E-state index is 14.7. The number of nitrogens with zero attached hydrogens (tertiary/aromatic N) is 6. The third kappa shape index (κ3) is 6.33. The second-order valence-corrected chi connectivity index (χ2v) is 14.6. The number of nitrogens with one attached hydrogen (secondary N) is 1. The van der Waals surface area contributed by atoms with E-state index in [1.54, 1.807) is 11.5 Å². The molecule has 2 aliphatic rings. The number of aromatic amines is 1. The van der Waals surface area contributed by atoms with Gasteiger partial charge >= 0.3 is 14.5 Å². The molecule has 4 aromatic heterocycles. The van der Waals surface area contributed by atoms with Gasteiger partial charge in [-0.1, -0.05) is 0 Å². The van der Waals surface area contributed by atoms with Crippen molar-refractivity contribution in [1.82, 2.24) is 34.1 Å². The van der Waals surface area contributed by atoms with Gasteiger partial charge in [-0.25, -0.2) is 28.9 Å². The van der Waals surface area contributed by atoms with Crippen LogP contribution in [0.3, 0.4) is 0 Å². The van der Waals surface area contributed by atoms with Gasteiger partial charge in [0.1, 0.15) is 29.6 Å². The number of imidazole rings is 1. The number of ether oxygens (including phenoxy) is 2. The zero-order chi connectivity index (χ0) is 31.4. The number of H-pyrrole nitrogens is 1. The van der Waals surface area contributed by atoms with E-state index in [9.17, 15) is 28.4 Å². The molecular weight excluding hydrogens is 649 g/mol. The minimum absolute atomic E-state index is 0.119. The number of fused-ring (bicyclic) bond motifs is 2. The number of aromatic nitrogens is 7. The van der Waals surface area contributed by atoms with Crippen molar-refractivity contribution < 1.29 is 46.7 Å².